The maximum absolute atomic E-state index is 11.9. The molecule has 0 bridgehead atoms. The Kier molecular flexibility index (Phi) is 6.14. The van der Waals surface area contributed by atoms with Gasteiger partial charge in [-0.05, 0) is 25.3 Å². The number of carbonyl (C=O) groups excluding carboxylic acids is 1. The Balaban J connectivity index is 1.38. The summed E-state index contributed by atoms with van der Waals surface area (Å²) in [5, 5.41) is 6.96. The van der Waals surface area contributed by atoms with E-state index in [4.69, 9.17) is 4.52 Å². The van der Waals surface area contributed by atoms with Crippen LogP contribution in [0.25, 0.3) is 11.4 Å². The molecule has 0 aliphatic carbocycles. The summed E-state index contributed by atoms with van der Waals surface area (Å²) in [5.74, 6) is 1.21. The second kappa shape index (κ2) is 8.94. The molecule has 0 aliphatic rings. The molecule has 5 nitrogen and oxygen atoms in total. The monoisotopic (exact) mass is 349 g/mol. The van der Waals surface area contributed by atoms with Crippen LogP contribution in [0, 0.1) is 6.92 Å². The third-order valence-corrected chi connectivity index (χ3v) is 4.15. The normalized spacial score (nSPS) is 10.7. The van der Waals surface area contributed by atoms with Crippen LogP contribution in [-0.2, 0) is 17.6 Å². The van der Waals surface area contributed by atoms with Crippen molar-refractivity contribution in [3.05, 3.63) is 71.6 Å². The first-order valence-electron chi connectivity index (χ1n) is 8.91. The third kappa shape index (κ3) is 5.28. The summed E-state index contributed by atoms with van der Waals surface area (Å²) < 4.78 is 5.28. The number of aromatic nitrogens is 2. The third-order valence-electron chi connectivity index (χ3n) is 4.15. The van der Waals surface area contributed by atoms with E-state index in [-0.39, 0.29) is 5.91 Å². The molecule has 5 heteroatoms. The summed E-state index contributed by atoms with van der Waals surface area (Å²) in [6, 6.07) is 18.1. The Morgan fingerprint density at radius 1 is 1.04 bits per heavy atom. The standard InChI is InChI=1S/C21H23N3O2/c1-16-10-12-18(13-11-16)21-23-20(26-24-21)9-5-8-19(25)22-15-14-17-6-3-2-4-7-17/h2-4,6-7,10-13H,5,8-9,14-15H2,1H3,(H,22,25). The van der Waals surface area contributed by atoms with Gasteiger partial charge in [0.05, 0.1) is 0 Å². The Hall–Kier alpha value is -2.95. The van der Waals surface area contributed by atoms with Crippen molar-refractivity contribution in [2.24, 2.45) is 0 Å². The zero-order valence-electron chi connectivity index (χ0n) is 14.9. The van der Waals surface area contributed by atoms with Crippen molar-refractivity contribution < 1.29 is 9.32 Å². The minimum absolute atomic E-state index is 0.0548. The molecule has 3 rings (SSSR count). The molecule has 0 aliphatic heterocycles. The van der Waals surface area contributed by atoms with Crippen molar-refractivity contribution in [2.75, 3.05) is 6.54 Å². The maximum atomic E-state index is 11.9. The van der Waals surface area contributed by atoms with Crippen molar-refractivity contribution in [3.63, 3.8) is 0 Å². The molecule has 0 saturated carbocycles. The van der Waals surface area contributed by atoms with Gasteiger partial charge in [-0.1, -0.05) is 65.3 Å². The summed E-state index contributed by atoms with van der Waals surface area (Å²) in [7, 11) is 0. The van der Waals surface area contributed by atoms with Crippen LogP contribution in [0.5, 0.6) is 0 Å². The average molecular weight is 349 g/mol. The SMILES string of the molecule is Cc1ccc(-c2noc(CCCC(=O)NCCc3ccccc3)n2)cc1. The lowest BCUT2D eigenvalue weighted by molar-refractivity contribution is -0.121. The highest BCUT2D eigenvalue weighted by atomic mass is 16.5. The quantitative estimate of drug-likeness (QED) is 0.673. The molecule has 3 aromatic rings. The first-order valence-corrected chi connectivity index (χ1v) is 8.91. The highest BCUT2D eigenvalue weighted by Crippen LogP contribution is 2.17. The smallest absolute Gasteiger partial charge is 0.226 e. The molecule has 0 atom stereocenters. The Morgan fingerprint density at radius 3 is 2.58 bits per heavy atom. The summed E-state index contributed by atoms with van der Waals surface area (Å²) in [4.78, 5) is 16.3. The van der Waals surface area contributed by atoms with Gasteiger partial charge >= 0.3 is 0 Å². The van der Waals surface area contributed by atoms with Gasteiger partial charge in [0.15, 0.2) is 0 Å². The molecule has 1 aromatic heterocycles. The Labute approximate surface area is 153 Å². The molecule has 2 aromatic carbocycles. The van der Waals surface area contributed by atoms with E-state index in [1.165, 1.54) is 11.1 Å². The predicted octanol–water partition coefficient (Wildman–Crippen LogP) is 3.73. The molecule has 1 amide bonds. The second-order valence-electron chi connectivity index (χ2n) is 6.32. The molecular weight excluding hydrogens is 326 g/mol. The van der Waals surface area contributed by atoms with E-state index in [9.17, 15) is 4.79 Å². The van der Waals surface area contributed by atoms with Crippen LogP contribution in [0.4, 0.5) is 0 Å². The average Bonchev–Trinajstić information content (AvgIpc) is 3.12. The number of hydrogen-bond acceptors (Lipinski definition) is 4. The van der Waals surface area contributed by atoms with Gasteiger partial charge in [-0.15, -0.1) is 0 Å². The molecule has 0 fully saturated rings. The molecule has 134 valence electrons. The molecule has 26 heavy (non-hydrogen) atoms. The number of hydrogen-bond donors (Lipinski definition) is 1. The van der Waals surface area contributed by atoms with Crippen LogP contribution >= 0.6 is 0 Å². The van der Waals surface area contributed by atoms with Gasteiger partial charge in [0, 0.05) is 24.9 Å². The van der Waals surface area contributed by atoms with Crippen molar-refractivity contribution >= 4 is 5.91 Å². The van der Waals surface area contributed by atoms with Gasteiger partial charge in [-0.25, -0.2) is 0 Å². The highest BCUT2D eigenvalue weighted by Gasteiger charge is 2.09. The molecule has 0 radical (unpaired) electrons. The van der Waals surface area contributed by atoms with E-state index in [2.05, 4.69) is 27.6 Å². The van der Waals surface area contributed by atoms with Crippen LogP contribution < -0.4 is 5.32 Å². The summed E-state index contributed by atoms with van der Waals surface area (Å²) >= 11 is 0. The van der Waals surface area contributed by atoms with Gasteiger partial charge < -0.3 is 9.84 Å². The van der Waals surface area contributed by atoms with Gasteiger partial charge in [0.1, 0.15) is 0 Å². The van der Waals surface area contributed by atoms with E-state index >= 15 is 0 Å². The second-order valence-corrected chi connectivity index (χ2v) is 6.32. The van der Waals surface area contributed by atoms with E-state index in [1.807, 2.05) is 49.4 Å². The van der Waals surface area contributed by atoms with E-state index in [0.717, 1.165) is 12.0 Å². The summed E-state index contributed by atoms with van der Waals surface area (Å²) in [6.07, 6.45) is 2.59. The molecule has 1 heterocycles. The first-order chi connectivity index (χ1) is 12.7. The van der Waals surface area contributed by atoms with Gasteiger partial charge in [-0.2, -0.15) is 4.98 Å². The van der Waals surface area contributed by atoms with Gasteiger partial charge in [0.25, 0.3) is 0 Å². The van der Waals surface area contributed by atoms with Crippen molar-refractivity contribution in [2.45, 2.75) is 32.6 Å². The zero-order valence-corrected chi connectivity index (χ0v) is 14.9. The predicted molar refractivity (Wildman–Crippen MR) is 101 cm³/mol. The topological polar surface area (TPSA) is 68.0 Å². The lowest BCUT2D eigenvalue weighted by atomic mass is 10.1. The maximum Gasteiger partial charge on any atom is 0.226 e. The Bertz CT molecular complexity index is 826. The van der Waals surface area contributed by atoms with Crippen LogP contribution in [0.1, 0.15) is 29.9 Å². The zero-order chi connectivity index (χ0) is 18.2. The number of amides is 1. The number of carbonyl (C=O) groups is 1. The first kappa shape index (κ1) is 17.9. The molecule has 0 saturated heterocycles. The van der Waals surface area contributed by atoms with Gasteiger partial charge in [-0.3, -0.25) is 4.79 Å². The van der Waals surface area contributed by atoms with Crippen molar-refractivity contribution in [1.82, 2.24) is 15.5 Å². The highest BCUT2D eigenvalue weighted by molar-refractivity contribution is 5.75. The number of nitrogens with zero attached hydrogens (tertiary/aromatic N) is 2. The number of rotatable bonds is 8. The summed E-state index contributed by atoms with van der Waals surface area (Å²) in [6.45, 7) is 2.69. The molecule has 0 spiro atoms. The molecule has 1 N–H and O–H groups in total. The van der Waals surface area contributed by atoms with Crippen LogP contribution in [0.15, 0.2) is 59.1 Å². The minimum Gasteiger partial charge on any atom is -0.356 e. The lowest BCUT2D eigenvalue weighted by Crippen LogP contribution is -2.25. The fourth-order valence-electron chi connectivity index (χ4n) is 2.66. The fraction of sp³-hybridized carbons (Fsp3) is 0.286. The van der Waals surface area contributed by atoms with Crippen LogP contribution in [-0.4, -0.2) is 22.6 Å². The summed E-state index contributed by atoms with van der Waals surface area (Å²) in [5.41, 5.74) is 3.35. The van der Waals surface area contributed by atoms with Crippen molar-refractivity contribution in [3.8, 4) is 11.4 Å². The van der Waals surface area contributed by atoms with Gasteiger partial charge in [0.2, 0.25) is 17.6 Å². The molecular formula is C21H23N3O2. The fourth-order valence-corrected chi connectivity index (χ4v) is 2.66. The largest absolute Gasteiger partial charge is 0.356 e. The number of nitrogens with one attached hydrogen (secondary N) is 1. The minimum atomic E-state index is 0.0548. The lowest BCUT2D eigenvalue weighted by Gasteiger charge is -2.04. The van der Waals surface area contributed by atoms with Crippen molar-refractivity contribution in [1.29, 1.82) is 0 Å². The van der Waals surface area contributed by atoms with Crippen LogP contribution in [0.3, 0.4) is 0 Å². The number of aryl methyl sites for hydroxylation is 2. The van der Waals surface area contributed by atoms with E-state index < -0.39 is 0 Å². The van der Waals surface area contributed by atoms with E-state index in [1.54, 1.807) is 0 Å². The molecule has 0 unspecified atom stereocenters. The van der Waals surface area contributed by atoms with Crippen LogP contribution in [0.2, 0.25) is 0 Å². The van der Waals surface area contributed by atoms with E-state index in [0.29, 0.717) is 37.5 Å². The Morgan fingerprint density at radius 2 is 1.81 bits per heavy atom. The number of benzene rings is 2.